The van der Waals surface area contributed by atoms with Crippen molar-refractivity contribution in [3.63, 3.8) is 0 Å². The molecule has 0 aromatic heterocycles. The molecule has 0 aromatic carbocycles. The van der Waals surface area contributed by atoms with Crippen LogP contribution in [0.2, 0.25) is 0 Å². The fourth-order valence-corrected chi connectivity index (χ4v) is 4.70. The molecule has 3 fully saturated rings. The Hall–Kier alpha value is 0. The summed E-state index contributed by atoms with van der Waals surface area (Å²) >= 11 is 0. The molecular formula is C15H26. The van der Waals surface area contributed by atoms with E-state index in [0.29, 0.717) is 0 Å². The first-order chi connectivity index (χ1) is 7.42. The van der Waals surface area contributed by atoms with Crippen LogP contribution in [0.25, 0.3) is 0 Å². The van der Waals surface area contributed by atoms with Crippen LogP contribution in [0.1, 0.15) is 77.0 Å². The molecule has 3 rings (SSSR count). The molecule has 0 saturated heterocycles. The van der Waals surface area contributed by atoms with Gasteiger partial charge in [-0.15, -0.1) is 0 Å². The highest BCUT2D eigenvalue weighted by molar-refractivity contribution is 5.00. The highest BCUT2D eigenvalue weighted by Crippen LogP contribution is 2.60. The van der Waals surface area contributed by atoms with E-state index in [0.717, 1.165) is 11.3 Å². The van der Waals surface area contributed by atoms with Crippen molar-refractivity contribution >= 4 is 0 Å². The zero-order valence-corrected chi connectivity index (χ0v) is 10.1. The third-order valence-corrected chi connectivity index (χ3v) is 5.59. The fourth-order valence-electron chi connectivity index (χ4n) is 4.70. The van der Waals surface area contributed by atoms with Gasteiger partial charge in [0.2, 0.25) is 0 Å². The highest BCUT2D eigenvalue weighted by Gasteiger charge is 2.49. The largest absolute Gasteiger partial charge is 0.0533 e. The SMILES string of the molecule is C1CCC(C2(C3CC3)CCCCC2)CC1. The summed E-state index contributed by atoms with van der Waals surface area (Å²) in [7, 11) is 0. The van der Waals surface area contributed by atoms with Gasteiger partial charge < -0.3 is 0 Å². The molecule has 0 atom stereocenters. The zero-order valence-electron chi connectivity index (χ0n) is 10.1. The van der Waals surface area contributed by atoms with E-state index in [9.17, 15) is 0 Å². The summed E-state index contributed by atoms with van der Waals surface area (Å²) < 4.78 is 0. The van der Waals surface area contributed by atoms with E-state index in [4.69, 9.17) is 0 Å². The van der Waals surface area contributed by atoms with Crippen molar-refractivity contribution in [1.29, 1.82) is 0 Å². The van der Waals surface area contributed by atoms with Crippen LogP contribution in [0.3, 0.4) is 0 Å². The third kappa shape index (κ3) is 1.85. The molecule has 0 N–H and O–H groups in total. The van der Waals surface area contributed by atoms with Crippen molar-refractivity contribution in [2.75, 3.05) is 0 Å². The lowest BCUT2D eigenvalue weighted by molar-refractivity contribution is 0.0431. The maximum atomic E-state index is 1.60. The first-order valence-corrected chi connectivity index (χ1v) is 7.42. The van der Waals surface area contributed by atoms with Crippen molar-refractivity contribution in [3.8, 4) is 0 Å². The summed E-state index contributed by atoms with van der Waals surface area (Å²) in [6.07, 6.45) is 18.8. The summed E-state index contributed by atoms with van der Waals surface area (Å²) in [5.74, 6) is 2.31. The highest BCUT2D eigenvalue weighted by atomic mass is 14.5. The van der Waals surface area contributed by atoms with E-state index in [-0.39, 0.29) is 0 Å². The van der Waals surface area contributed by atoms with E-state index in [2.05, 4.69) is 0 Å². The Labute approximate surface area is 94.8 Å². The monoisotopic (exact) mass is 206 g/mol. The van der Waals surface area contributed by atoms with Crippen molar-refractivity contribution in [2.24, 2.45) is 17.3 Å². The predicted octanol–water partition coefficient (Wildman–Crippen LogP) is 4.93. The van der Waals surface area contributed by atoms with Gasteiger partial charge in [-0.05, 0) is 55.8 Å². The summed E-state index contributed by atoms with van der Waals surface area (Å²) in [4.78, 5) is 0. The van der Waals surface area contributed by atoms with Crippen LogP contribution in [0.4, 0.5) is 0 Å². The minimum Gasteiger partial charge on any atom is -0.0533 e. The Bertz CT molecular complexity index is 202. The Morgan fingerprint density at radius 3 is 1.67 bits per heavy atom. The lowest BCUT2D eigenvalue weighted by atomic mass is 9.59. The smallest absolute Gasteiger partial charge is 0.0241 e. The molecule has 3 aliphatic rings. The Kier molecular flexibility index (Phi) is 2.79. The van der Waals surface area contributed by atoms with Crippen molar-refractivity contribution in [3.05, 3.63) is 0 Å². The molecule has 86 valence electrons. The molecule has 0 unspecified atom stereocenters. The minimum absolute atomic E-state index is 0.860. The van der Waals surface area contributed by atoms with Crippen LogP contribution in [-0.4, -0.2) is 0 Å². The first-order valence-electron chi connectivity index (χ1n) is 7.42. The molecule has 0 spiro atoms. The topological polar surface area (TPSA) is 0 Å². The molecule has 0 amide bonds. The molecule has 0 nitrogen and oxygen atoms in total. The molecule has 0 aliphatic heterocycles. The van der Waals surface area contributed by atoms with Gasteiger partial charge in [-0.3, -0.25) is 0 Å². The Balaban J connectivity index is 1.75. The first kappa shape index (κ1) is 10.2. The Morgan fingerprint density at radius 1 is 0.533 bits per heavy atom. The second-order valence-corrected chi connectivity index (χ2v) is 6.40. The van der Waals surface area contributed by atoms with Crippen molar-refractivity contribution in [1.82, 2.24) is 0 Å². The van der Waals surface area contributed by atoms with E-state index in [1.165, 1.54) is 18.8 Å². The quantitative estimate of drug-likeness (QED) is 0.601. The van der Waals surface area contributed by atoms with Gasteiger partial charge in [0, 0.05) is 0 Å². The number of rotatable bonds is 2. The lowest BCUT2D eigenvalue weighted by Crippen LogP contribution is -2.36. The average Bonchev–Trinajstić information content (AvgIpc) is 3.15. The molecule has 0 heterocycles. The zero-order chi connectivity index (χ0) is 10.1. The van der Waals surface area contributed by atoms with Gasteiger partial charge >= 0.3 is 0 Å². The molecule has 3 saturated carbocycles. The minimum atomic E-state index is 0.860. The molecule has 0 aromatic rings. The lowest BCUT2D eigenvalue weighted by Gasteiger charge is -2.46. The van der Waals surface area contributed by atoms with Crippen LogP contribution < -0.4 is 0 Å². The van der Waals surface area contributed by atoms with Gasteiger partial charge in [0.15, 0.2) is 0 Å². The normalized spacial score (nSPS) is 32.8. The van der Waals surface area contributed by atoms with Crippen LogP contribution in [0, 0.1) is 17.3 Å². The standard InChI is InChI=1S/C15H26/c1-3-7-13(8-4-1)15(14-9-10-14)11-5-2-6-12-15/h13-14H,1-12H2. The number of hydrogen-bond acceptors (Lipinski definition) is 0. The van der Waals surface area contributed by atoms with Crippen molar-refractivity contribution < 1.29 is 0 Å². The molecule has 0 bridgehead atoms. The molecule has 15 heavy (non-hydrogen) atoms. The number of hydrogen-bond donors (Lipinski definition) is 0. The van der Waals surface area contributed by atoms with Crippen LogP contribution >= 0.6 is 0 Å². The van der Waals surface area contributed by atoms with Crippen LogP contribution in [0.15, 0.2) is 0 Å². The maximum absolute atomic E-state index is 1.60. The summed E-state index contributed by atoms with van der Waals surface area (Å²) in [5, 5.41) is 0. The fraction of sp³-hybridized carbons (Fsp3) is 1.00. The maximum Gasteiger partial charge on any atom is -0.0241 e. The Morgan fingerprint density at radius 2 is 1.07 bits per heavy atom. The van der Waals surface area contributed by atoms with Crippen LogP contribution in [-0.2, 0) is 0 Å². The van der Waals surface area contributed by atoms with Crippen LogP contribution in [0.5, 0.6) is 0 Å². The second kappa shape index (κ2) is 4.11. The van der Waals surface area contributed by atoms with Gasteiger partial charge in [-0.1, -0.05) is 38.5 Å². The van der Waals surface area contributed by atoms with Crippen molar-refractivity contribution in [2.45, 2.75) is 77.0 Å². The van der Waals surface area contributed by atoms with Gasteiger partial charge in [-0.25, -0.2) is 0 Å². The predicted molar refractivity (Wildman–Crippen MR) is 64.8 cm³/mol. The summed E-state index contributed by atoms with van der Waals surface area (Å²) in [5.41, 5.74) is 0.860. The van der Waals surface area contributed by atoms with Gasteiger partial charge in [0.1, 0.15) is 0 Å². The van der Waals surface area contributed by atoms with E-state index < -0.39 is 0 Å². The third-order valence-electron chi connectivity index (χ3n) is 5.59. The second-order valence-electron chi connectivity index (χ2n) is 6.40. The van der Waals surface area contributed by atoms with Gasteiger partial charge in [-0.2, -0.15) is 0 Å². The van der Waals surface area contributed by atoms with E-state index >= 15 is 0 Å². The average molecular weight is 206 g/mol. The van der Waals surface area contributed by atoms with E-state index in [1.54, 1.807) is 64.2 Å². The summed E-state index contributed by atoms with van der Waals surface area (Å²) in [6, 6.07) is 0. The molecule has 0 radical (unpaired) electrons. The molecule has 3 aliphatic carbocycles. The molecule has 0 heteroatoms. The van der Waals surface area contributed by atoms with Gasteiger partial charge in [0.25, 0.3) is 0 Å². The summed E-state index contributed by atoms with van der Waals surface area (Å²) in [6.45, 7) is 0. The molecular weight excluding hydrogens is 180 g/mol. The van der Waals surface area contributed by atoms with E-state index in [1.807, 2.05) is 0 Å². The van der Waals surface area contributed by atoms with Gasteiger partial charge in [0.05, 0.1) is 0 Å².